The molecule has 0 spiro atoms. The summed E-state index contributed by atoms with van der Waals surface area (Å²) in [6.07, 6.45) is 2.25. The van der Waals surface area contributed by atoms with Gasteiger partial charge in [-0.3, -0.25) is 9.36 Å². The van der Waals surface area contributed by atoms with Crippen LogP contribution >= 0.6 is 0 Å². The highest BCUT2D eigenvalue weighted by molar-refractivity contribution is 5.60. The summed E-state index contributed by atoms with van der Waals surface area (Å²) in [5.41, 5.74) is 0.788. The second-order valence-electron chi connectivity index (χ2n) is 7.54. The highest BCUT2D eigenvalue weighted by atomic mass is 16.5. The number of aromatic nitrogens is 3. The topological polar surface area (TPSA) is 90.7 Å². The van der Waals surface area contributed by atoms with Gasteiger partial charge in [0.1, 0.15) is 23.0 Å². The van der Waals surface area contributed by atoms with E-state index >= 15 is 0 Å². The van der Waals surface area contributed by atoms with Gasteiger partial charge >= 0.3 is 0 Å². The Morgan fingerprint density at radius 1 is 1.13 bits per heavy atom. The minimum atomic E-state index is 0.0417. The number of methoxy groups -OCH3 is 3. The fourth-order valence-corrected chi connectivity index (χ4v) is 2.47. The molecule has 0 atom stereocenters. The molecule has 1 heterocycles. The summed E-state index contributed by atoms with van der Waals surface area (Å²) >= 11 is 0. The van der Waals surface area contributed by atoms with Crippen molar-refractivity contribution >= 4 is 12.4 Å². The smallest absolute Gasteiger partial charge is 0.229 e. The van der Waals surface area contributed by atoms with E-state index in [0.717, 1.165) is 24.3 Å². The third-order valence-electron chi connectivity index (χ3n) is 4.28. The number of carbonyl (C=O) groups excluding carboxylic acids is 1. The van der Waals surface area contributed by atoms with Crippen LogP contribution in [0.5, 0.6) is 11.5 Å². The van der Waals surface area contributed by atoms with Crippen LogP contribution in [0.15, 0.2) is 18.2 Å². The Labute approximate surface area is 179 Å². The molecule has 0 fully saturated rings. The molecule has 0 bridgehead atoms. The number of ether oxygens (including phenoxy) is 3. The monoisotopic (exact) mass is 421 g/mol. The van der Waals surface area contributed by atoms with Crippen molar-refractivity contribution < 1.29 is 19.0 Å². The summed E-state index contributed by atoms with van der Waals surface area (Å²) in [4.78, 5) is 12.3. The van der Waals surface area contributed by atoms with Gasteiger partial charge in [-0.15, -0.1) is 10.2 Å². The standard InChI is InChI=1S/C16H23N5O3.C5H12O/c1-17-16-19-18-14(9-6-10-20(2)11-22)21(16)15-12(23-3)7-5-8-13(15)24-4;1-5(2,3)6-4/h5,7-8,11H,6,9-10H2,1-4H3,(H,17,19);1-4H3. The van der Waals surface area contributed by atoms with Crippen LogP contribution in [0.3, 0.4) is 0 Å². The summed E-state index contributed by atoms with van der Waals surface area (Å²) in [7, 11) is 8.47. The van der Waals surface area contributed by atoms with Crippen LogP contribution in [-0.2, 0) is 16.0 Å². The lowest BCUT2D eigenvalue weighted by Gasteiger charge is -2.17. The highest BCUT2D eigenvalue weighted by Gasteiger charge is 2.20. The zero-order valence-electron chi connectivity index (χ0n) is 19.4. The normalized spacial score (nSPS) is 10.7. The quantitative estimate of drug-likeness (QED) is 0.623. The Morgan fingerprint density at radius 3 is 2.13 bits per heavy atom. The maximum atomic E-state index is 10.7. The van der Waals surface area contributed by atoms with Gasteiger partial charge in [0.25, 0.3) is 0 Å². The van der Waals surface area contributed by atoms with E-state index in [-0.39, 0.29) is 5.60 Å². The average molecular weight is 422 g/mol. The van der Waals surface area contributed by atoms with E-state index in [0.29, 0.717) is 30.4 Å². The van der Waals surface area contributed by atoms with Crippen LogP contribution in [0.1, 0.15) is 33.0 Å². The zero-order chi connectivity index (χ0) is 22.7. The van der Waals surface area contributed by atoms with Gasteiger partial charge in [0.2, 0.25) is 12.4 Å². The molecule has 0 saturated carbocycles. The van der Waals surface area contributed by atoms with Crippen molar-refractivity contribution in [1.82, 2.24) is 19.7 Å². The van der Waals surface area contributed by atoms with Gasteiger partial charge in [-0.25, -0.2) is 0 Å². The molecular formula is C21H35N5O4. The molecule has 0 aliphatic rings. The third-order valence-corrected chi connectivity index (χ3v) is 4.28. The first-order valence-electron chi connectivity index (χ1n) is 9.76. The number of amides is 1. The van der Waals surface area contributed by atoms with Crippen LogP contribution < -0.4 is 14.8 Å². The van der Waals surface area contributed by atoms with Crippen molar-refractivity contribution in [1.29, 1.82) is 0 Å². The first-order chi connectivity index (χ1) is 14.2. The van der Waals surface area contributed by atoms with Crippen molar-refractivity contribution in [3.8, 4) is 17.2 Å². The molecule has 0 aliphatic heterocycles. The number of rotatable bonds is 9. The molecule has 0 aliphatic carbocycles. The molecule has 1 aromatic heterocycles. The predicted octanol–water partition coefficient (Wildman–Crippen LogP) is 2.78. The number of para-hydroxylation sites is 1. The summed E-state index contributed by atoms with van der Waals surface area (Å²) in [6, 6.07) is 5.59. The Morgan fingerprint density at radius 2 is 1.70 bits per heavy atom. The fourth-order valence-electron chi connectivity index (χ4n) is 2.47. The van der Waals surface area contributed by atoms with E-state index in [1.165, 1.54) is 0 Å². The average Bonchev–Trinajstić information content (AvgIpc) is 3.15. The molecule has 9 nitrogen and oxygen atoms in total. The molecule has 2 rings (SSSR count). The van der Waals surface area contributed by atoms with E-state index < -0.39 is 0 Å². The van der Waals surface area contributed by atoms with Crippen LogP contribution in [0.4, 0.5) is 5.95 Å². The van der Waals surface area contributed by atoms with Gasteiger partial charge in [0.05, 0.1) is 19.8 Å². The molecule has 9 heteroatoms. The lowest BCUT2D eigenvalue weighted by atomic mass is 10.2. The van der Waals surface area contributed by atoms with Crippen molar-refractivity contribution in [3.05, 3.63) is 24.0 Å². The van der Waals surface area contributed by atoms with Crippen molar-refractivity contribution in [2.75, 3.05) is 47.3 Å². The number of nitrogens with zero attached hydrogens (tertiary/aromatic N) is 4. The lowest BCUT2D eigenvalue weighted by Crippen LogP contribution is -2.18. The fraction of sp³-hybridized carbons (Fsp3) is 0.571. The zero-order valence-corrected chi connectivity index (χ0v) is 19.4. The van der Waals surface area contributed by atoms with Crippen molar-refractivity contribution in [2.45, 2.75) is 39.2 Å². The van der Waals surface area contributed by atoms with Gasteiger partial charge in [0, 0.05) is 34.2 Å². The van der Waals surface area contributed by atoms with Gasteiger partial charge in [-0.2, -0.15) is 0 Å². The van der Waals surface area contributed by atoms with E-state index in [4.69, 9.17) is 14.2 Å². The second-order valence-corrected chi connectivity index (χ2v) is 7.54. The number of aryl methyl sites for hydroxylation is 1. The first-order valence-corrected chi connectivity index (χ1v) is 9.76. The Balaban J connectivity index is 0.000000656. The largest absolute Gasteiger partial charge is 0.494 e. The maximum absolute atomic E-state index is 10.7. The van der Waals surface area contributed by atoms with E-state index in [9.17, 15) is 4.79 Å². The Hall–Kier alpha value is -2.81. The first kappa shape index (κ1) is 25.2. The second kappa shape index (κ2) is 12.0. The van der Waals surface area contributed by atoms with Crippen LogP contribution in [0.25, 0.3) is 5.69 Å². The molecule has 1 N–H and O–H groups in total. The summed E-state index contributed by atoms with van der Waals surface area (Å²) in [5.74, 6) is 2.69. The minimum Gasteiger partial charge on any atom is -0.494 e. The number of nitrogens with one attached hydrogen (secondary N) is 1. The summed E-state index contributed by atoms with van der Waals surface area (Å²) in [6.45, 7) is 6.71. The van der Waals surface area contributed by atoms with Crippen molar-refractivity contribution in [2.24, 2.45) is 0 Å². The SMILES string of the molecule is CNc1nnc(CCCN(C)C=O)n1-c1c(OC)cccc1OC.COC(C)(C)C. The van der Waals surface area contributed by atoms with E-state index in [2.05, 4.69) is 15.5 Å². The molecular weight excluding hydrogens is 386 g/mol. The number of hydrogen-bond donors (Lipinski definition) is 1. The Bertz CT molecular complexity index is 764. The summed E-state index contributed by atoms with van der Waals surface area (Å²) in [5, 5.41) is 11.5. The minimum absolute atomic E-state index is 0.0417. The lowest BCUT2D eigenvalue weighted by molar-refractivity contribution is -0.117. The molecule has 30 heavy (non-hydrogen) atoms. The highest BCUT2D eigenvalue weighted by Crippen LogP contribution is 2.35. The predicted molar refractivity (Wildman–Crippen MR) is 118 cm³/mol. The van der Waals surface area contributed by atoms with Gasteiger partial charge < -0.3 is 24.4 Å². The molecule has 168 valence electrons. The molecule has 0 saturated heterocycles. The third kappa shape index (κ3) is 7.22. The number of carbonyl (C=O) groups is 1. The van der Waals surface area contributed by atoms with Gasteiger partial charge in [-0.05, 0) is 39.3 Å². The maximum Gasteiger partial charge on any atom is 0.229 e. The molecule has 0 radical (unpaired) electrons. The van der Waals surface area contributed by atoms with Gasteiger partial charge in [0.15, 0.2) is 0 Å². The molecule has 2 aromatic rings. The summed E-state index contributed by atoms with van der Waals surface area (Å²) < 4.78 is 17.8. The Kier molecular flexibility index (Phi) is 10.1. The van der Waals surface area contributed by atoms with E-state index in [1.54, 1.807) is 40.3 Å². The molecule has 1 aromatic carbocycles. The number of anilines is 1. The van der Waals surface area contributed by atoms with Gasteiger partial charge in [-0.1, -0.05) is 6.07 Å². The number of benzene rings is 1. The van der Waals surface area contributed by atoms with Crippen LogP contribution in [0.2, 0.25) is 0 Å². The van der Waals surface area contributed by atoms with Crippen molar-refractivity contribution in [3.63, 3.8) is 0 Å². The molecule has 1 amide bonds. The number of hydrogen-bond acceptors (Lipinski definition) is 7. The van der Waals surface area contributed by atoms with E-state index in [1.807, 2.05) is 43.5 Å². The van der Waals surface area contributed by atoms with Crippen LogP contribution in [-0.4, -0.2) is 73.6 Å². The van der Waals surface area contributed by atoms with Crippen LogP contribution in [0, 0.1) is 0 Å². The molecule has 0 unspecified atom stereocenters.